The molecule has 0 bridgehead atoms. The Bertz CT molecular complexity index is 336. The maximum atomic E-state index is 11.7. The third kappa shape index (κ3) is 3.73. The molecule has 0 aliphatic carbocycles. The van der Waals surface area contributed by atoms with Crippen LogP contribution in [0.25, 0.3) is 0 Å². The molecule has 5 nitrogen and oxygen atoms in total. The molecule has 0 saturated heterocycles. The minimum Gasteiger partial charge on any atom is -0.382 e. The molecule has 1 rings (SSSR count). The number of hydrogen-bond donors (Lipinski definition) is 0. The lowest BCUT2D eigenvalue weighted by Gasteiger charge is -2.08. The van der Waals surface area contributed by atoms with Crippen molar-refractivity contribution in [2.24, 2.45) is 0 Å². The van der Waals surface area contributed by atoms with Crippen molar-refractivity contribution in [1.29, 1.82) is 0 Å². The number of ether oxygens (including phenoxy) is 1. The predicted octanol–water partition coefficient (Wildman–Crippen LogP) is 1.22. The monoisotopic (exact) mass is 225 g/mol. The molecule has 0 amide bonds. The zero-order chi connectivity index (χ0) is 12.0. The lowest BCUT2D eigenvalue weighted by Crippen LogP contribution is -2.13. The number of methoxy groups -OCH3 is 1. The maximum absolute atomic E-state index is 11.7. The average Bonchev–Trinajstić information content (AvgIpc) is 2.73. The Morgan fingerprint density at radius 1 is 1.62 bits per heavy atom. The van der Waals surface area contributed by atoms with Gasteiger partial charge < -0.3 is 4.74 Å². The van der Waals surface area contributed by atoms with E-state index < -0.39 is 0 Å². The summed E-state index contributed by atoms with van der Waals surface area (Å²) in [6, 6.07) is 0. The second-order valence-electron chi connectivity index (χ2n) is 3.79. The standard InChI is InChI=1S/C11H19N3O2/c1-4-14-11(12-8-13-14)7-10(15)6-5-9(2)16-3/h8-9H,4-7H2,1-3H3. The summed E-state index contributed by atoms with van der Waals surface area (Å²) in [4.78, 5) is 15.7. The van der Waals surface area contributed by atoms with Crippen LogP contribution >= 0.6 is 0 Å². The maximum Gasteiger partial charge on any atom is 0.140 e. The van der Waals surface area contributed by atoms with Crippen LogP contribution in [0, 0.1) is 0 Å². The van der Waals surface area contributed by atoms with Crippen molar-refractivity contribution < 1.29 is 9.53 Å². The minimum absolute atomic E-state index is 0.132. The largest absolute Gasteiger partial charge is 0.382 e. The first-order valence-electron chi connectivity index (χ1n) is 5.58. The molecule has 1 unspecified atom stereocenters. The smallest absolute Gasteiger partial charge is 0.140 e. The van der Waals surface area contributed by atoms with Gasteiger partial charge in [0.15, 0.2) is 0 Å². The van der Waals surface area contributed by atoms with Crippen LogP contribution in [-0.4, -0.2) is 33.8 Å². The number of carbonyl (C=O) groups excluding carboxylic acids is 1. The van der Waals surface area contributed by atoms with E-state index in [1.54, 1.807) is 11.8 Å². The van der Waals surface area contributed by atoms with Crippen LogP contribution in [0.5, 0.6) is 0 Å². The minimum atomic E-state index is 0.132. The molecule has 1 atom stereocenters. The SMILES string of the molecule is CCn1ncnc1CC(=O)CCC(C)OC. The first-order valence-corrected chi connectivity index (χ1v) is 5.58. The van der Waals surface area contributed by atoms with Gasteiger partial charge in [0.25, 0.3) is 0 Å². The van der Waals surface area contributed by atoms with Crippen molar-refractivity contribution in [2.75, 3.05) is 7.11 Å². The van der Waals surface area contributed by atoms with Gasteiger partial charge in [-0.25, -0.2) is 9.67 Å². The van der Waals surface area contributed by atoms with E-state index in [9.17, 15) is 4.79 Å². The van der Waals surface area contributed by atoms with Gasteiger partial charge in [0.05, 0.1) is 12.5 Å². The highest BCUT2D eigenvalue weighted by atomic mass is 16.5. The van der Waals surface area contributed by atoms with Gasteiger partial charge >= 0.3 is 0 Å². The van der Waals surface area contributed by atoms with Crippen LogP contribution in [0.3, 0.4) is 0 Å². The summed E-state index contributed by atoms with van der Waals surface area (Å²) in [5.41, 5.74) is 0. The molecule has 0 N–H and O–H groups in total. The van der Waals surface area contributed by atoms with Crippen molar-refractivity contribution in [1.82, 2.24) is 14.8 Å². The topological polar surface area (TPSA) is 57.0 Å². The second-order valence-corrected chi connectivity index (χ2v) is 3.79. The average molecular weight is 225 g/mol. The van der Waals surface area contributed by atoms with Crippen LogP contribution in [0.2, 0.25) is 0 Å². The van der Waals surface area contributed by atoms with E-state index >= 15 is 0 Å². The molecule has 90 valence electrons. The molecular formula is C11H19N3O2. The van der Waals surface area contributed by atoms with Crippen LogP contribution in [0.4, 0.5) is 0 Å². The van der Waals surface area contributed by atoms with Crippen LogP contribution < -0.4 is 0 Å². The Kier molecular flexibility index (Phi) is 5.11. The van der Waals surface area contributed by atoms with E-state index in [1.807, 2.05) is 13.8 Å². The summed E-state index contributed by atoms with van der Waals surface area (Å²) in [5.74, 6) is 0.934. The van der Waals surface area contributed by atoms with Gasteiger partial charge in [-0.1, -0.05) is 0 Å². The molecule has 1 aromatic heterocycles. The lowest BCUT2D eigenvalue weighted by atomic mass is 10.1. The van der Waals surface area contributed by atoms with Gasteiger partial charge in [-0.3, -0.25) is 4.79 Å². The van der Waals surface area contributed by atoms with E-state index in [0.717, 1.165) is 18.8 Å². The highest BCUT2D eigenvalue weighted by molar-refractivity contribution is 5.80. The molecule has 0 aliphatic rings. The summed E-state index contributed by atoms with van der Waals surface area (Å²) < 4.78 is 6.84. The van der Waals surface area contributed by atoms with Crippen LogP contribution in [-0.2, 0) is 22.5 Å². The summed E-state index contributed by atoms with van der Waals surface area (Å²) in [7, 11) is 1.66. The third-order valence-corrected chi connectivity index (χ3v) is 2.58. The fourth-order valence-corrected chi connectivity index (χ4v) is 1.44. The Morgan fingerprint density at radius 2 is 2.38 bits per heavy atom. The van der Waals surface area contributed by atoms with Gasteiger partial charge in [-0.05, 0) is 20.3 Å². The van der Waals surface area contributed by atoms with Gasteiger partial charge in [-0.15, -0.1) is 0 Å². The van der Waals surface area contributed by atoms with Crippen molar-refractivity contribution in [3.63, 3.8) is 0 Å². The predicted molar refractivity (Wildman–Crippen MR) is 60.1 cm³/mol. The van der Waals surface area contributed by atoms with Gasteiger partial charge in [0, 0.05) is 20.1 Å². The number of nitrogens with zero attached hydrogens (tertiary/aromatic N) is 3. The Hall–Kier alpha value is -1.23. The second kappa shape index (κ2) is 6.37. The molecule has 0 aliphatic heterocycles. The van der Waals surface area contributed by atoms with Crippen LogP contribution in [0.15, 0.2) is 6.33 Å². The Balaban J connectivity index is 2.40. The van der Waals surface area contributed by atoms with Gasteiger partial charge in [0.1, 0.15) is 17.9 Å². The number of aromatic nitrogens is 3. The molecule has 5 heteroatoms. The molecule has 0 spiro atoms. The van der Waals surface area contributed by atoms with Crippen molar-refractivity contribution in [3.05, 3.63) is 12.2 Å². The van der Waals surface area contributed by atoms with Crippen molar-refractivity contribution in [3.8, 4) is 0 Å². The zero-order valence-electron chi connectivity index (χ0n) is 10.1. The Morgan fingerprint density at radius 3 is 3.00 bits per heavy atom. The lowest BCUT2D eigenvalue weighted by molar-refractivity contribution is -0.119. The molecule has 0 radical (unpaired) electrons. The number of aryl methyl sites for hydroxylation is 1. The third-order valence-electron chi connectivity index (χ3n) is 2.58. The Labute approximate surface area is 95.8 Å². The summed E-state index contributed by atoms with van der Waals surface area (Å²) in [5, 5.41) is 4.03. The van der Waals surface area contributed by atoms with E-state index in [1.165, 1.54) is 6.33 Å². The summed E-state index contributed by atoms with van der Waals surface area (Å²) >= 11 is 0. The molecular weight excluding hydrogens is 206 g/mol. The highest BCUT2D eigenvalue weighted by Gasteiger charge is 2.10. The van der Waals surface area contributed by atoms with Crippen LogP contribution in [0.1, 0.15) is 32.5 Å². The normalized spacial score (nSPS) is 12.7. The summed E-state index contributed by atoms with van der Waals surface area (Å²) in [6.45, 7) is 4.69. The molecule has 1 aromatic rings. The first kappa shape index (κ1) is 12.8. The highest BCUT2D eigenvalue weighted by Crippen LogP contribution is 2.04. The van der Waals surface area contributed by atoms with Gasteiger partial charge in [0.2, 0.25) is 0 Å². The number of hydrogen-bond acceptors (Lipinski definition) is 4. The number of carbonyl (C=O) groups is 1. The van der Waals surface area contributed by atoms with E-state index in [-0.39, 0.29) is 11.9 Å². The van der Waals surface area contributed by atoms with E-state index in [2.05, 4.69) is 10.1 Å². The molecule has 0 fully saturated rings. The molecule has 1 heterocycles. The zero-order valence-corrected chi connectivity index (χ0v) is 10.1. The molecule has 0 saturated carbocycles. The molecule has 0 aromatic carbocycles. The number of ketones is 1. The quantitative estimate of drug-likeness (QED) is 0.700. The van der Waals surface area contributed by atoms with Gasteiger partial charge in [-0.2, -0.15) is 5.10 Å². The van der Waals surface area contributed by atoms with E-state index in [4.69, 9.17) is 4.74 Å². The fourth-order valence-electron chi connectivity index (χ4n) is 1.44. The fraction of sp³-hybridized carbons (Fsp3) is 0.727. The van der Waals surface area contributed by atoms with E-state index in [0.29, 0.717) is 12.8 Å². The number of Topliss-reactive ketones (excluding diaryl/α,β-unsaturated/α-hetero) is 1. The molecule has 16 heavy (non-hydrogen) atoms. The number of rotatable bonds is 7. The van der Waals surface area contributed by atoms with Crippen molar-refractivity contribution >= 4 is 5.78 Å². The first-order chi connectivity index (χ1) is 7.67. The summed E-state index contributed by atoms with van der Waals surface area (Å²) in [6.07, 6.45) is 3.28. The van der Waals surface area contributed by atoms with Crippen molar-refractivity contribution in [2.45, 2.75) is 45.8 Å².